The van der Waals surface area contributed by atoms with Crippen LogP contribution in [0.5, 0.6) is 0 Å². The highest BCUT2D eigenvalue weighted by atomic mass is 16.5. The first-order valence-corrected chi connectivity index (χ1v) is 4.64. The average Bonchev–Trinajstić information content (AvgIpc) is 2.08. The van der Waals surface area contributed by atoms with E-state index in [0.717, 1.165) is 12.8 Å². The van der Waals surface area contributed by atoms with Gasteiger partial charge in [0, 0.05) is 0 Å². The topological polar surface area (TPSA) is 47.6 Å². The van der Waals surface area contributed by atoms with Gasteiger partial charge in [-0.2, -0.15) is 0 Å². The molecule has 1 aliphatic carbocycles. The SMILES string of the molecule is CN[C@H](COC1CCC1)C(=O)OC. The summed E-state index contributed by atoms with van der Waals surface area (Å²) in [6, 6.07) is -0.328. The van der Waals surface area contributed by atoms with Crippen LogP contribution in [0.3, 0.4) is 0 Å². The molecule has 0 unspecified atom stereocenters. The van der Waals surface area contributed by atoms with E-state index in [2.05, 4.69) is 10.1 Å². The summed E-state index contributed by atoms with van der Waals surface area (Å²) in [6.07, 6.45) is 3.85. The lowest BCUT2D eigenvalue weighted by atomic mass is 9.96. The molecule has 0 radical (unpaired) electrons. The summed E-state index contributed by atoms with van der Waals surface area (Å²) in [4.78, 5) is 11.1. The van der Waals surface area contributed by atoms with Crippen molar-refractivity contribution in [1.82, 2.24) is 5.32 Å². The lowest BCUT2D eigenvalue weighted by Crippen LogP contribution is -2.41. The van der Waals surface area contributed by atoms with Crippen LogP contribution >= 0.6 is 0 Å². The third-order valence-corrected chi connectivity index (χ3v) is 2.38. The van der Waals surface area contributed by atoms with Gasteiger partial charge in [0.25, 0.3) is 0 Å². The monoisotopic (exact) mass is 187 g/mol. The molecule has 0 bridgehead atoms. The normalized spacial score (nSPS) is 19.2. The number of esters is 1. The second-order valence-electron chi connectivity index (χ2n) is 3.25. The molecular formula is C9H17NO3. The number of carbonyl (C=O) groups is 1. The fraction of sp³-hybridized carbons (Fsp3) is 0.889. The zero-order valence-electron chi connectivity index (χ0n) is 8.21. The Morgan fingerprint density at radius 1 is 1.62 bits per heavy atom. The van der Waals surface area contributed by atoms with Crippen LogP contribution in [0.25, 0.3) is 0 Å². The molecule has 4 heteroatoms. The molecule has 1 fully saturated rings. The lowest BCUT2D eigenvalue weighted by Gasteiger charge is -2.27. The molecule has 1 atom stereocenters. The van der Waals surface area contributed by atoms with E-state index >= 15 is 0 Å². The Morgan fingerprint density at radius 2 is 2.31 bits per heavy atom. The number of methoxy groups -OCH3 is 1. The number of hydrogen-bond acceptors (Lipinski definition) is 4. The second-order valence-corrected chi connectivity index (χ2v) is 3.25. The number of rotatable bonds is 5. The highest BCUT2D eigenvalue weighted by Crippen LogP contribution is 2.21. The van der Waals surface area contributed by atoms with Crippen molar-refractivity contribution in [2.45, 2.75) is 31.4 Å². The first-order chi connectivity index (χ1) is 6.27. The van der Waals surface area contributed by atoms with Crippen molar-refractivity contribution >= 4 is 5.97 Å². The summed E-state index contributed by atoms with van der Waals surface area (Å²) in [5.74, 6) is -0.262. The molecular weight excluding hydrogens is 170 g/mol. The Hall–Kier alpha value is -0.610. The highest BCUT2D eigenvalue weighted by molar-refractivity contribution is 5.75. The van der Waals surface area contributed by atoms with Crippen LogP contribution < -0.4 is 5.32 Å². The second kappa shape index (κ2) is 5.19. The third-order valence-electron chi connectivity index (χ3n) is 2.38. The van der Waals surface area contributed by atoms with Gasteiger partial charge < -0.3 is 14.8 Å². The van der Waals surface area contributed by atoms with Crippen LogP contribution in [0.1, 0.15) is 19.3 Å². The van der Waals surface area contributed by atoms with Crippen LogP contribution in [0.4, 0.5) is 0 Å². The first-order valence-electron chi connectivity index (χ1n) is 4.64. The van der Waals surface area contributed by atoms with Crippen molar-refractivity contribution in [1.29, 1.82) is 0 Å². The Morgan fingerprint density at radius 3 is 2.69 bits per heavy atom. The van der Waals surface area contributed by atoms with E-state index in [9.17, 15) is 4.79 Å². The van der Waals surface area contributed by atoms with Crippen molar-refractivity contribution in [3.63, 3.8) is 0 Å². The van der Waals surface area contributed by atoms with E-state index in [1.54, 1.807) is 7.05 Å². The largest absolute Gasteiger partial charge is 0.468 e. The smallest absolute Gasteiger partial charge is 0.325 e. The fourth-order valence-corrected chi connectivity index (χ4v) is 1.18. The summed E-state index contributed by atoms with van der Waals surface area (Å²) in [5, 5.41) is 2.86. The Balaban J connectivity index is 2.18. The molecule has 1 aliphatic rings. The maximum Gasteiger partial charge on any atom is 0.325 e. The summed E-state index contributed by atoms with van der Waals surface area (Å²) < 4.78 is 10.1. The Bertz CT molecular complexity index is 168. The van der Waals surface area contributed by atoms with Gasteiger partial charge in [-0.05, 0) is 26.3 Å². The molecule has 0 aromatic rings. The molecule has 76 valence electrons. The molecule has 1 N–H and O–H groups in total. The van der Waals surface area contributed by atoms with Crippen molar-refractivity contribution in [2.75, 3.05) is 20.8 Å². The summed E-state index contributed by atoms with van der Waals surface area (Å²) in [7, 11) is 3.11. The van der Waals surface area contributed by atoms with Gasteiger partial charge in [0.15, 0.2) is 0 Å². The maximum atomic E-state index is 11.1. The summed E-state index contributed by atoms with van der Waals surface area (Å²) >= 11 is 0. The molecule has 1 rings (SSSR count). The highest BCUT2D eigenvalue weighted by Gasteiger charge is 2.22. The predicted molar refractivity (Wildman–Crippen MR) is 48.5 cm³/mol. The van der Waals surface area contributed by atoms with E-state index in [0.29, 0.717) is 12.7 Å². The van der Waals surface area contributed by atoms with E-state index < -0.39 is 0 Å². The molecule has 0 amide bonds. The number of hydrogen-bond donors (Lipinski definition) is 1. The lowest BCUT2D eigenvalue weighted by molar-refractivity contribution is -0.145. The molecule has 0 aromatic heterocycles. The van der Waals surface area contributed by atoms with E-state index in [1.165, 1.54) is 13.5 Å². The number of ether oxygens (including phenoxy) is 2. The minimum atomic E-state index is -0.328. The van der Waals surface area contributed by atoms with Crippen LogP contribution in [-0.2, 0) is 14.3 Å². The molecule has 0 saturated heterocycles. The summed E-state index contributed by atoms with van der Waals surface area (Å²) in [5.41, 5.74) is 0. The average molecular weight is 187 g/mol. The number of nitrogens with one attached hydrogen (secondary N) is 1. The molecule has 0 aliphatic heterocycles. The van der Waals surface area contributed by atoms with Crippen molar-refractivity contribution in [3.8, 4) is 0 Å². The standard InChI is InChI=1S/C9H17NO3/c1-10-8(9(11)12-2)6-13-7-4-3-5-7/h7-8,10H,3-6H2,1-2H3/t8-/m1/s1. The van der Waals surface area contributed by atoms with Gasteiger partial charge in [0.1, 0.15) is 6.04 Å². The Labute approximate surface area is 78.6 Å². The minimum absolute atomic E-state index is 0.262. The maximum absolute atomic E-state index is 11.1. The van der Waals surface area contributed by atoms with Gasteiger partial charge in [-0.3, -0.25) is 4.79 Å². The summed E-state index contributed by atoms with van der Waals surface area (Å²) in [6.45, 7) is 0.411. The van der Waals surface area contributed by atoms with Crippen LogP contribution in [0, 0.1) is 0 Å². The van der Waals surface area contributed by atoms with Gasteiger partial charge in [0.2, 0.25) is 0 Å². The third kappa shape index (κ3) is 2.97. The van der Waals surface area contributed by atoms with Crippen molar-refractivity contribution in [2.24, 2.45) is 0 Å². The molecule has 0 spiro atoms. The van der Waals surface area contributed by atoms with Crippen molar-refractivity contribution in [3.05, 3.63) is 0 Å². The molecule has 0 aromatic carbocycles. The van der Waals surface area contributed by atoms with Gasteiger partial charge in [-0.15, -0.1) is 0 Å². The molecule has 13 heavy (non-hydrogen) atoms. The zero-order valence-corrected chi connectivity index (χ0v) is 8.21. The molecule has 0 heterocycles. The Kier molecular flexibility index (Phi) is 4.18. The van der Waals surface area contributed by atoms with Gasteiger partial charge in [-0.25, -0.2) is 0 Å². The van der Waals surface area contributed by atoms with Gasteiger partial charge in [0.05, 0.1) is 19.8 Å². The van der Waals surface area contributed by atoms with Crippen molar-refractivity contribution < 1.29 is 14.3 Å². The first kappa shape index (κ1) is 10.5. The van der Waals surface area contributed by atoms with Gasteiger partial charge in [-0.1, -0.05) is 0 Å². The van der Waals surface area contributed by atoms with Crippen LogP contribution in [-0.4, -0.2) is 38.9 Å². The van der Waals surface area contributed by atoms with E-state index in [4.69, 9.17) is 4.74 Å². The zero-order chi connectivity index (χ0) is 9.68. The number of carbonyl (C=O) groups excluding carboxylic acids is 1. The minimum Gasteiger partial charge on any atom is -0.468 e. The number of likely N-dealkylation sites (N-methyl/N-ethyl adjacent to an activating group) is 1. The van der Waals surface area contributed by atoms with E-state index in [-0.39, 0.29) is 12.0 Å². The van der Waals surface area contributed by atoms with E-state index in [1.807, 2.05) is 0 Å². The quantitative estimate of drug-likeness (QED) is 0.629. The van der Waals surface area contributed by atoms with Crippen LogP contribution in [0.2, 0.25) is 0 Å². The van der Waals surface area contributed by atoms with Crippen LogP contribution in [0.15, 0.2) is 0 Å². The predicted octanol–water partition coefficient (Wildman–Crippen LogP) is 0.316. The fourth-order valence-electron chi connectivity index (χ4n) is 1.18. The van der Waals surface area contributed by atoms with Gasteiger partial charge >= 0.3 is 5.97 Å². The molecule has 1 saturated carbocycles. The molecule has 4 nitrogen and oxygen atoms in total.